The number of hydrogen-bond acceptors (Lipinski definition) is 3. The minimum absolute atomic E-state index is 0.563. The molecule has 1 N–H and O–H groups in total. The maximum Gasteiger partial charge on any atom is 0.142 e. The quantitative estimate of drug-likeness (QED) is 0.923. The highest BCUT2D eigenvalue weighted by Crippen LogP contribution is 2.20. The fourth-order valence-corrected chi connectivity index (χ4v) is 2.02. The van der Waals surface area contributed by atoms with Gasteiger partial charge in [-0.05, 0) is 18.6 Å². The molecular weight excluding hydrogens is 248 g/mol. The fourth-order valence-electron chi connectivity index (χ4n) is 1.82. The van der Waals surface area contributed by atoms with Crippen molar-refractivity contribution in [2.75, 3.05) is 5.32 Å². The molecule has 5 heteroatoms. The molecule has 0 aliphatic rings. The molecule has 0 spiro atoms. The normalized spacial score (nSPS) is 10.1. The van der Waals surface area contributed by atoms with Crippen molar-refractivity contribution in [3.05, 3.63) is 46.1 Å². The maximum absolute atomic E-state index is 9.09. The first-order valence-corrected chi connectivity index (χ1v) is 5.92. The standard InChI is InChI=1S/C13H13ClN4/c1-9-11(7-15)13(18(2)17-9)16-8-10-5-3-4-6-12(10)14/h3-6,16H,8H2,1-2H3. The fraction of sp³-hybridized carbons (Fsp3) is 0.231. The van der Waals surface area contributed by atoms with Crippen LogP contribution in [0, 0.1) is 18.3 Å². The Morgan fingerprint density at radius 3 is 2.83 bits per heavy atom. The number of rotatable bonds is 3. The van der Waals surface area contributed by atoms with Crippen LogP contribution in [0.4, 0.5) is 5.82 Å². The van der Waals surface area contributed by atoms with E-state index in [0.717, 1.165) is 17.1 Å². The van der Waals surface area contributed by atoms with Crippen molar-refractivity contribution < 1.29 is 0 Å². The van der Waals surface area contributed by atoms with Crippen molar-refractivity contribution in [3.8, 4) is 6.07 Å². The second-order valence-corrected chi connectivity index (χ2v) is 4.40. The topological polar surface area (TPSA) is 53.6 Å². The number of nitrogens with zero attached hydrogens (tertiary/aromatic N) is 3. The van der Waals surface area contributed by atoms with E-state index in [0.29, 0.717) is 17.1 Å². The van der Waals surface area contributed by atoms with Crippen molar-refractivity contribution in [3.63, 3.8) is 0 Å². The monoisotopic (exact) mass is 260 g/mol. The van der Waals surface area contributed by atoms with Crippen LogP contribution in [-0.4, -0.2) is 9.78 Å². The highest BCUT2D eigenvalue weighted by Gasteiger charge is 2.12. The summed E-state index contributed by atoms with van der Waals surface area (Å²) < 4.78 is 1.67. The third-order valence-electron chi connectivity index (χ3n) is 2.74. The van der Waals surface area contributed by atoms with Crippen LogP contribution in [0.15, 0.2) is 24.3 Å². The zero-order chi connectivity index (χ0) is 13.1. The Bertz CT molecular complexity index is 610. The van der Waals surface area contributed by atoms with Crippen molar-refractivity contribution >= 4 is 17.4 Å². The van der Waals surface area contributed by atoms with Gasteiger partial charge in [-0.15, -0.1) is 0 Å². The lowest BCUT2D eigenvalue weighted by atomic mass is 10.2. The lowest BCUT2D eigenvalue weighted by Crippen LogP contribution is -2.06. The van der Waals surface area contributed by atoms with Crippen LogP contribution in [0.1, 0.15) is 16.8 Å². The smallest absolute Gasteiger partial charge is 0.142 e. The summed E-state index contributed by atoms with van der Waals surface area (Å²) in [7, 11) is 1.81. The van der Waals surface area contributed by atoms with Gasteiger partial charge in [-0.25, -0.2) is 0 Å². The Morgan fingerprint density at radius 2 is 2.17 bits per heavy atom. The van der Waals surface area contributed by atoms with Gasteiger partial charge < -0.3 is 5.32 Å². The molecule has 0 bridgehead atoms. The second-order valence-electron chi connectivity index (χ2n) is 3.99. The van der Waals surface area contributed by atoms with Crippen LogP contribution in [0.25, 0.3) is 0 Å². The van der Waals surface area contributed by atoms with Gasteiger partial charge in [-0.2, -0.15) is 10.4 Å². The molecule has 0 fully saturated rings. The average Bonchev–Trinajstić information content (AvgIpc) is 2.62. The first-order chi connectivity index (χ1) is 8.63. The van der Waals surface area contributed by atoms with Crippen LogP contribution in [0.3, 0.4) is 0 Å². The van der Waals surface area contributed by atoms with E-state index in [1.807, 2.05) is 38.2 Å². The molecule has 0 radical (unpaired) electrons. The Labute approximate surface area is 111 Å². The summed E-state index contributed by atoms with van der Waals surface area (Å²) in [5.41, 5.74) is 2.29. The van der Waals surface area contributed by atoms with Gasteiger partial charge in [0.15, 0.2) is 0 Å². The molecule has 18 heavy (non-hydrogen) atoms. The molecule has 4 nitrogen and oxygen atoms in total. The summed E-state index contributed by atoms with van der Waals surface area (Å²) in [6.07, 6.45) is 0. The molecule has 1 heterocycles. The highest BCUT2D eigenvalue weighted by atomic mass is 35.5. The largest absolute Gasteiger partial charge is 0.365 e. The van der Waals surface area contributed by atoms with Crippen molar-refractivity contribution in [2.45, 2.75) is 13.5 Å². The summed E-state index contributed by atoms with van der Waals surface area (Å²) in [5, 5.41) is 17.2. The number of hydrogen-bond donors (Lipinski definition) is 1. The molecule has 0 atom stereocenters. The summed E-state index contributed by atoms with van der Waals surface area (Å²) >= 11 is 6.08. The number of benzene rings is 1. The number of aromatic nitrogens is 2. The zero-order valence-corrected chi connectivity index (χ0v) is 11.0. The first-order valence-electron chi connectivity index (χ1n) is 5.54. The lowest BCUT2D eigenvalue weighted by molar-refractivity contribution is 0.758. The van der Waals surface area contributed by atoms with Gasteiger partial charge >= 0.3 is 0 Å². The van der Waals surface area contributed by atoms with Gasteiger partial charge in [0.1, 0.15) is 17.5 Å². The van der Waals surface area contributed by atoms with E-state index < -0.39 is 0 Å². The van der Waals surface area contributed by atoms with Crippen LogP contribution in [-0.2, 0) is 13.6 Å². The summed E-state index contributed by atoms with van der Waals surface area (Å²) in [4.78, 5) is 0. The molecule has 2 aromatic rings. The zero-order valence-electron chi connectivity index (χ0n) is 10.2. The van der Waals surface area contributed by atoms with Gasteiger partial charge in [0.25, 0.3) is 0 Å². The predicted molar refractivity (Wildman–Crippen MR) is 71.4 cm³/mol. The van der Waals surface area contributed by atoms with E-state index in [1.165, 1.54) is 0 Å². The molecular formula is C13H13ClN4. The highest BCUT2D eigenvalue weighted by molar-refractivity contribution is 6.31. The van der Waals surface area contributed by atoms with Gasteiger partial charge in [0.05, 0.1) is 5.69 Å². The molecule has 0 aliphatic carbocycles. The van der Waals surface area contributed by atoms with Crippen LogP contribution >= 0.6 is 11.6 Å². The van der Waals surface area contributed by atoms with Crippen molar-refractivity contribution in [1.29, 1.82) is 5.26 Å². The number of halogens is 1. The third kappa shape index (κ3) is 2.31. The van der Waals surface area contributed by atoms with Crippen LogP contribution in [0.5, 0.6) is 0 Å². The van der Waals surface area contributed by atoms with Crippen LogP contribution in [0.2, 0.25) is 5.02 Å². The molecule has 0 aliphatic heterocycles. The number of anilines is 1. The number of nitriles is 1. The molecule has 0 saturated carbocycles. The van der Waals surface area contributed by atoms with Crippen LogP contribution < -0.4 is 5.32 Å². The van der Waals surface area contributed by atoms with E-state index in [2.05, 4.69) is 16.5 Å². The summed E-state index contributed by atoms with van der Waals surface area (Å²) in [6.45, 7) is 2.38. The Kier molecular flexibility index (Phi) is 3.54. The molecule has 0 unspecified atom stereocenters. The molecule has 92 valence electrons. The predicted octanol–water partition coefficient (Wildman–Crippen LogP) is 2.87. The summed E-state index contributed by atoms with van der Waals surface area (Å²) in [5.74, 6) is 0.718. The lowest BCUT2D eigenvalue weighted by Gasteiger charge is -2.08. The van der Waals surface area contributed by atoms with Gasteiger partial charge in [0, 0.05) is 18.6 Å². The number of aryl methyl sites for hydroxylation is 2. The Morgan fingerprint density at radius 1 is 1.44 bits per heavy atom. The SMILES string of the molecule is Cc1nn(C)c(NCc2ccccc2Cl)c1C#N. The average molecular weight is 261 g/mol. The first kappa shape index (κ1) is 12.5. The minimum Gasteiger partial charge on any atom is -0.365 e. The Hall–Kier alpha value is -1.99. The molecule has 2 rings (SSSR count). The van der Waals surface area contributed by atoms with E-state index in [-0.39, 0.29) is 0 Å². The molecule has 0 amide bonds. The summed E-state index contributed by atoms with van der Waals surface area (Å²) in [6, 6.07) is 9.77. The molecule has 0 saturated heterocycles. The van der Waals surface area contributed by atoms with Crippen molar-refractivity contribution in [2.24, 2.45) is 7.05 Å². The van der Waals surface area contributed by atoms with Gasteiger partial charge in [-0.3, -0.25) is 4.68 Å². The molecule has 1 aromatic carbocycles. The third-order valence-corrected chi connectivity index (χ3v) is 3.11. The van der Waals surface area contributed by atoms with E-state index in [9.17, 15) is 0 Å². The minimum atomic E-state index is 0.563. The van der Waals surface area contributed by atoms with E-state index in [1.54, 1.807) is 4.68 Å². The molecule has 1 aromatic heterocycles. The maximum atomic E-state index is 9.09. The van der Waals surface area contributed by atoms with Gasteiger partial charge in [0.2, 0.25) is 0 Å². The Balaban J connectivity index is 2.22. The van der Waals surface area contributed by atoms with E-state index in [4.69, 9.17) is 16.9 Å². The van der Waals surface area contributed by atoms with Gasteiger partial charge in [-0.1, -0.05) is 29.8 Å². The number of nitrogens with one attached hydrogen (secondary N) is 1. The van der Waals surface area contributed by atoms with Crippen molar-refractivity contribution in [1.82, 2.24) is 9.78 Å². The second kappa shape index (κ2) is 5.11. The van der Waals surface area contributed by atoms with E-state index >= 15 is 0 Å².